The minimum atomic E-state index is -3.50. The second-order valence-electron chi connectivity index (χ2n) is 4.47. The maximum Gasteiger partial charge on any atom is 0.304 e. The lowest BCUT2D eigenvalue weighted by Crippen LogP contribution is -2.00. The lowest BCUT2D eigenvalue weighted by Gasteiger charge is -2.04. The standard InChI is InChI=1S/C13H11N3O4S2/c1-22(19,20)12-6-11(16(17)18)13(21-12)15-8-10-4-2-3-9(5-10)7-14/h2-6,15H,8H2,1H3. The smallest absolute Gasteiger partial charge is 0.304 e. The Bertz CT molecular complexity index is 866. The van der Waals surface area contributed by atoms with Gasteiger partial charge in [0.2, 0.25) is 0 Å². The molecule has 1 aromatic heterocycles. The quantitative estimate of drug-likeness (QED) is 0.662. The average molecular weight is 337 g/mol. The van der Waals surface area contributed by atoms with Crippen molar-refractivity contribution in [2.45, 2.75) is 10.8 Å². The molecule has 0 atom stereocenters. The number of nitrogens with zero attached hydrogens (tertiary/aromatic N) is 2. The zero-order chi connectivity index (χ0) is 16.3. The molecular formula is C13H11N3O4S2. The van der Waals surface area contributed by atoms with Crippen molar-refractivity contribution in [1.29, 1.82) is 5.26 Å². The van der Waals surface area contributed by atoms with Crippen LogP contribution in [0.3, 0.4) is 0 Å². The predicted octanol–water partition coefficient (Wildman–Crippen LogP) is 2.54. The van der Waals surface area contributed by atoms with Crippen LogP contribution in [0, 0.1) is 21.4 Å². The molecule has 0 radical (unpaired) electrons. The van der Waals surface area contributed by atoms with Crippen LogP contribution in [-0.4, -0.2) is 19.6 Å². The Balaban J connectivity index is 2.27. The van der Waals surface area contributed by atoms with Crippen LogP contribution >= 0.6 is 11.3 Å². The molecule has 1 aromatic carbocycles. The Morgan fingerprint density at radius 1 is 1.41 bits per heavy atom. The highest BCUT2D eigenvalue weighted by Gasteiger charge is 2.23. The van der Waals surface area contributed by atoms with E-state index < -0.39 is 14.8 Å². The number of anilines is 1. The molecule has 114 valence electrons. The Labute approximate surface area is 130 Å². The first kappa shape index (κ1) is 15.9. The maximum atomic E-state index is 11.5. The number of thiophene rings is 1. The zero-order valence-corrected chi connectivity index (χ0v) is 13.1. The molecule has 1 N–H and O–H groups in total. The minimum absolute atomic E-state index is 0.0625. The molecule has 0 aliphatic rings. The predicted molar refractivity (Wildman–Crippen MR) is 82.6 cm³/mol. The van der Waals surface area contributed by atoms with Gasteiger partial charge in [-0.25, -0.2) is 8.42 Å². The normalized spacial score (nSPS) is 10.9. The van der Waals surface area contributed by atoms with E-state index in [9.17, 15) is 18.5 Å². The first-order chi connectivity index (χ1) is 10.3. The second-order valence-corrected chi connectivity index (χ2v) is 7.77. The molecule has 0 fully saturated rings. The number of hydrogen-bond acceptors (Lipinski definition) is 7. The number of benzene rings is 1. The summed E-state index contributed by atoms with van der Waals surface area (Å²) in [6.45, 7) is 0.250. The molecule has 0 aliphatic carbocycles. The number of nitrogens with one attached hydrogen (secondary N) is 1. The van der Waals surface area contributed by atoms with E-state index in [2.05, 4.69) is 5.32 Å². The highest BCUT2D eigenvalue weighted by atomic mass is 32.2. The van der Waals surface area contributed by atoms with Crippen molar-refractivity contribution in [3.05, 3.63) is 51.6 Å². The number of sulfone groups is 1. The summed E-state index contributed by atoms with van der Waals surface area (Å²) < 4.78 is 22.9. The van der Waals surface area contributed by atoms with E-state index in [0.29, 0.717) is 5.56 Å². The largest absolute Gasteiger partial charge is 0.367 e. The van der Waals surface area contributed by atoms with E-state index >= 15 is 0 Å². The van der Waals surface area contributed by atoms with Crippen molar-refractivity contribution in [2.75, 3.05) is 11.6 Å². The molecule has 22 heavy (non-hydrogen) atoms. The Morgan fingerprint density at radius 2 is 2.14 bits per heavy atom. The van der Waals surface area contributed by atoms with Gasteiger partial charge in [0.05, 0.1) is 16.6 Å². The van der Waals surface area contributed by atoms with E-state index in [1.165, 1.54) is 0 Å². The third kappa shape index (κ3) is 3.60. The van der Waals surface area contributed by atoms with Crippen molar-refractivity contribution in [1.82, 2.24) is 0 Å². The monoisotopic (exact) mass is 337 g/mol. The third-order valence-electron chi connectivity index (χ3n) is 2.76. The van der Waals surface area contributed by atoms with Gasteiger partial charge in [-0.2, -0.15) is 5.26 Å². The average Bonchev–Trinajstić information content (AvgIpc) is 2.90. The fourth-order valence-corrected chi connectivity index (χ4v) is 3.67. The van der Waals surface area contributed by atoms with Gasteiger partial charge in [0.15, 0.2) is 14.8 Å². The van der Waals surface area contributed by atoms with E-state index in [-0.39, 0.29) is 21.4 Å². The molecule has 2 rings (SSSR count). The molecular weight excluding hydrogens is 326 g/mol. The SMILES string of the molecule is CS(=O)(=O)c1cc([N+](=O)[O-])c(NCc2cccc(C#N)c2)s1. The summed E-state index contributed by atoms with van der Waals surface area (Å²) in [6, 6.07) is 9.84. The van der Waals surface area contributed by atoms with Crippen LogP contribution in [0.2, 0.25) is 0 Å². The van der Waals surface area contributed by atoms with Crippen molar-refractivity contribution in [3.63, 3.8) is 0 Å². The van der Waals surface area contributed by atoms with Gasteiger partial charge >= 0.3 is 5.69 Å². The van der Waals surface area contributed by atoms with Crippen LogP contribution < -0.4 is 5.32 Å². The van der Waals surface area contributed by atoms with Crippen molar-refractivity contribution < 1.29 is 13.3 Å². The highest BCUT2D eigenvalue weighted by molar-refractivity contribution is 7.92. The second kappa shape index (κ2) is 6.13. The molecule has 0 saturated heterocycles. The van der Waals surface area contributed by atoms with Gasteiger partial charge in [-0.3, -0.25) is 10.1 Å². The van der Waals surface area contributed by atoms with Crippen LogP contribution in [0.25, 0.3) is 0 Å². The zero-order valence-electron chi connectivity index (χ0n) is 11.4. The molecule has 0 spiro atoms. The van der Waals surface area contributed by atoms with Crippen LogP contribution in [0.15, 0.2) is 34.5 Å². The first-order valence-corrected chi connectivity index (χ1v) is 8.73. The summed E-state index contributed by atoms with van der Waals surface area (Å²) in [4.78, 5) is 10.4. The third-order valence-corrected chi connectivity index (χ3v) is 5.64. The van der Waals surface area contributed by atoms with Gasteiger partial charge in [-0.05, 0) is 17.7 Å². The fraction of sp³-hybridized carbons (Fsp3) is 0.154. The van der Waals surface area contributed by atoms with E-state index in [1.54, 1.807) is 24.3 Å². The Kier molecular flexibility index (Phi) is 4.44. The summed E-state index contributed by atoms with van der Waals surface area (Å²) in [5.41, 5.74) is 0.973. The molecule has 0 unspecified atom stereocenters. The van der Waals surface area contributed by atoms with E-state index in [4.69, 9.17) is 5.26 Å². The molecule has 0 saturated carbocycles. The molecule has 0 bridgehead atoms. The topological polar surface area (TPSA) is 113 Å². The Hall–Kier alpha value is -2.44. The van der Waals surface area contributed by atoms with Gasteiger partial charge in [-0.1, -0.05) is 23.5 Å². The van der Waals surface area contributed by atoms with Gasteiger partial charge in [0, 0.05) is 18.9 Å². The summed E-state index contributed by atoms with van der Waals surface area (Å²) in [6.07, 6.45) is 1.00. The van der Waals surface area contributed by atoms with Gasteiger partial charge < -0.3 is 5.32 Å². The summed E-state index contributed by atoms with van der Waals surface area (Å²) in [5.74, 6) is 0. The highest BCUT2D eigenvalue weighted by Crippen LogP contribution is 2.37. The van der Waals surface area contributed by atoms with Crippen molar-refractivity contribution in [3.8, 4) is 6.07 Å². The lowest BCUT2D eigenvalue weighted by atomic mass is 10.1. The Morgan fingerprint density at radius 3 is 2.73 bits per heavy atom. The first-order valence-electron chi connectivity index (χ1n) is 6.02. The van der Waals surface area contributed by atoms with Gasteiger partial charge in [0.1, 0.15) is 4.21 Å². The van der Waals surface area contributed by atoms with Crippen LogP contribution in [0.1, 0.15) is 11.1 Å². The number of nitro groups is 1. The molecule has 0 aliphatic heterocycles. The number of rotatable bonds is 5. The van der Waals surface area contributed by atoms with E-state index in [0.717, 1.165) is 29.2 Å². The van der Waals surface area contributed by atoms with E-state index in [1.807, 2.05) is 6.07 Å². The maximum absolute atomic E-state index is 11.5. The molecule has 1 heterocycles. The number of nitriles is 1. The molecule has 7 nitrogen and oxygen atoms in total. The van der Waals surface area contributed by atoms with Crippen LogP contribution in [-0.2, 0) is 16.4 Å². The lowest BCUT2D eigenvalue weighted by molar-refractivity contribution is -0.383. The molecule has 9 heteroatoms. The van der Waals surface area contributed by atoms with Crippen molar-refractivity contribution >= 4 is 31.9 Å². The summed E-state index contributed by atoms with van der Waals surface area (Å²) in [5, 5.41) is 22.9. The van der Waals surface area contributed by atoms with Crippen LogP contribution in [0.5, 0.6) is 0 Å². The fourth-order valence-electron chi connectivity index (χ4n) is 1.74. The summed E-state index contributed by atoms with van der Waals surface area (Å²) >= 11 is 0.818. The molecule has 0 amide bonds. The van der Waals surface area contributed by atoms with Gasteiger partial charge in [0.25, 0.3) is 0 Å². The van der Waals surface area contributed by atoms with Crippen LogP contribution in [0.4, 0.5) is 10.7 Å². The molecule has 2 aromatic rings. The number of hydrogen-bond donors (Lipinski definition) is 1. The summed E-state index contributed by atoms with van der Waals surface area (Å²) in [7, 11) is -3.50. The minimum Gasteiger partial charge on any atom is -0.367 e. The van der Waals surface area contributed by atoms with Crippen molar-refractivity contribution in [2.24, 2.45) is 0 Å². The van der Waals surface area contributed by atoms with Gasteiger partial charge in [-0.15, -0.1) is 0 Å².